The van der Waals surface area contributed by atoms with Crippen molar-refractivity contribution in [1.29, 1.82) is 0 Å². The molecule has 0 heterocycles. The van der Waals surface area contributed by atoms with Gasteiger partial charge in [0.2, 0.25) is 5.91 Å². The first-order valence-corrected chi connectivity index (χ1v) is 8.25. The quantitative estimate of drug-likeness (QED) is 0.812. The fourth-order valence-electron chi connectivity index (χ4n) is 2.26. The second-order valence-corrected chi connectivity index (χ2v) is 6.24. The maximum absolute atomic E-state index is 12.3. The number of amides is 1. The summed E-state index contributed by atoms with van der Waals surface area (Å²) in [6.07, 6.45) is 0. The third-order valence-electron chi connectivity index (χ3n) is 3.73. The molecule has 0 saturated heterocycles. The van der Waals surface area contributed by atoms with E-state index >= 15 is 0 Å². The van der Waals surface area contributed by atoms with Crippen LogP contribution in [0.2, 0.25) is 0 Å². The number of hydrogen-bond donors (Lipinski definition) is 2. The molecule has 0 aromatic heterocycles. The molecular formula is C18H21BrN2O2. The smallest absolute Gasteiger partial charge is 0.224 e. The second kappa shape index (κ2) is 8.13. The molecule has 1 amide bonds. The minimum absolute atomic E-state index is 0.0618. The zero-order valence-corrected chi connectivity index (χ0v) is 14.8. The van der Waals surface area contributed by atoms with Crippen LogP contribution in [0.4, 0.5) is 0 Å². The molecule has 0 aliphatic rings. The van der Waals surface area contributed by atoms with Crippen molar-refractivity contribution in [2.24, 2.45) is 11.7 Å². The molecule has 0 saturated carbocycles. The van der Waals surface area contributed by atoms with Crippen molar-refractivity contribution in [3.8, 4) is 5.75 Å². The Kier molecular flexibility index (Phi) is 6.19. The predicted octanol–water partition coefficient (Wildman–Crippen LogP) is 3.26. The highest BCUT2D eigenvalue weighted by atomic mass is 79.9. The first-order valence-electron chi connectivity index (χ1n) is 7.45. The summed E-state index contributed by atoms with van der Waals surface area (Å²) in [7, 11) is 1.62. The number of ether oxygens (including phenoxy) is 1. The average molecular weight is 377 g/mol. The van der Waals surface area contributed by atoms with Gasteiger partial charge in [-0.05, 0) is 39.2 Å². The standard InChI is InChI=1S/C18H21BrN2O2/c1-12(11-20)18(22)21-17(13-6-4-3-5-7-13)14-8-9-16(23-2)15(19)10-14/h3-10,12,17H,11,20H2,1-2H3,(H,21,22). The lowest BCUT2D eigenvalue weighted by molar-refractivity contribution is -0.124. The molecule has 2 unspecified atom stereocenters. The number of carbonyl (C=O) groups excluding carboxylic acids is 1. The Bertz CT molecular complexity index is 661. The number of nitrogens with one attached hydrogen (secondary N) is 1. The van der Waals surface area contributed by atoms with E-state index in [0.717, 1.165) is 21.3 Å². The van der Waals surface area contributed by atoms with Gasteiger partial charge in [-0.25, -0.2) is 0 Å². The zero-order valence-electron chi connectivity index (χ0n) is 13.3. The van der Waals surface area contributed by atoms with E-state index in [4.69, 9.17) is 10.5 Å². The Morgan fingerprint density at radius 2 is 1.91 bits per heavy atom. The summed E-state index contributed by atoms with van der Waals surface area (Å²) in [4.78, 5) is 12.3. The molecule has 2 atom stereocenters. The molecule has 4 nitrogen and oxygen atoms in total. The molecular weight excluding hydrogens is 356 g/mol. The second-order valence-electron chi connectivity index (χ2n) is 5.38. The summed E-state index contributed by atoms with van der Waals surface area (Å²) in [6, 6.07) is 15.4. The summed E-state index contributed by atoms with van der Waals surface area (Å²) in [5.41, 5.74) is 7.59. The van der Waals surface area contributed by atoms with Gasteiger partial charge in [0.15, 0.2) is 0 Å². The molecule has 0 bridgehead atoms. The lowest BCUT2D eigenvalue weighted by atomic mass is 9.97. The first kappa shape index (κ1) is 17.5. The van der Waals surface area contributed by atoms with Crippen molar-refractivity contribution >= 4 is 21.8 Å². The molecule has 0 aliphatic heterocycles. The Morgan fingerprint density at radius 3 is 2.48 bits per heavy atom. The lowest BCUT2D eigenvalue weighted by Gasteiger charge is -2.22. The highest BCUT2D eigenvalue weighted by molar-refractivity contribution is 9.10. The van der Waals surface area contributed by atoms with Crippen LogP contribution >= 0.6 is 15.9 Å². The van der Waals surface area contributed by atoms with Crippen molar-refractivity contribution in [3.05, 3.63) is 64.1 Å². The van der Waals surface area contributed by atoms with E-state index in [0.29, 0.717) is 6.54 Å². The van der Waals surface area contributed by atoms with Crippen molar-refractivity contribution in [3.63, 3.8) is 0 Å². The van der Waals surface area contributed by atoms with E-state index in [2.05, 4.69) is 21.2 Å². The summed E-state index contributed by atoms with van der Waals surface area (Å²) in [6.45, 7) is 2.14. The Hall–Kier alpha value is -1.85. The molecule has 2 aromatic rings. The van der Waals surface area contributed by atoms with Crippen LogP contribution in [-0.2, 0) is 4.79 Å². The van der Waals surface area contributed by atoms with Gasteiger partial charge in [-0.15, -0.1) is 0 Å². The first-order chi connectivity index (χ1) is 11.1. The molecule has 2 aromatic carbocycles. The van der Waals surface area contributed by atoms with Gasteiger partial charge in [-0.1, -0.05) is 43.3 Å². The number of hydrogen-bond acceptors (Lipinski definition) is 3. The maximum Gasteiger partial charge on any atom is 0.224 e. The van der Waals surface area contributed by atoms with Crippen LogP contribution in [0.15, 0.2) is 53.0 Å². The summed E-state index contributed by atoms with van der Waals surface area (Å²) >= 11 is 3.50. The number of rotatable bonds is 6. The average Bonchev–Trinajstić information content (AvgIpc) is 2.59. The fourth-order valence-corrected chi connectivity index (χ4v) is 2.82. The third-order valence-corrected chi connectivity index (χ3v) is 4.35. The van der Waals surface area contributed by atoms with Crippen LogP contribution in [-0.4, -0.2) is 19.6 Å². The van der Waals surface area contributed by atoms with Crippen molar-refractivity contribution in [2.45, 2.75) is 13.0 Å². The van der Waals surface area contributed by atoms with Gasteiger partial charge in [0.1, 0.15) is 5.75 Å². The highest BCUT2D eigenvalue weighted by Gasteiger charge is 2.20. The molecule has 23 heavy (non-hydrogen) atoms. The van der Waals surface area contributed by atoms with E-state index in [9.17, 15) is 4.79 Å². The molecule has 0 radical (unpaired) electrons. The van der Waals surface area contributed by atoms with Crippen LogP contribution < -0.4 is 15.8 Å². The van der Waals surface area contributed by atoms with Crippen LogP contribution in [0, 0.1) is 5.92 Å². The largest absolute Gasteiger partial charge is 0.496 e. The molecule has 3 N–H and O–H groups in total. The van der Waals surface area contributed by atoms with Gasteiger partial charge < -0.3 is 15.8 Å². The minimum Gasteiger partial charge on any atom is -0.496 e. The lowest BCUT2D eigenvalue weighted by Crippen LogP contribution is -2.36. The highest BCUT2D eigenvalue weighted by Crippen LogP contribution is 2.30. The van der Waals surface area contributed by atoms with Crippen LogP contribution in [0.3, 0.4) is 0 Å². The van der Waals surface area contributed by atoms with Crippen LogP contribution in [0.5, 0.6) is 5.75 Å². The van der Waals surface area contributed by atoms with Gasteiger partial charge in [-0.2, -0.15) is 0 Å². The number of methoxy groups -OCH3 is 1. The third kappa shape index (κ3) is 4.33. The topological polar surface area (TPSA) is 64.3 Å². The number of benzene rings is 2. The molecule has 5 heteroatoms. The van der Waals surface area contributed by atoms with Gasteiger partial charge in [-0.3, -0.25) is 4.79 Å². The fraction of sp³-hybridized carbons (Fsp3) is 0.278. The SMILES string of the molecule is COc1ccc(C(NC(=O)C(C)CN)c2ccccc2)cc1Br. The van der Waals surface area contributed by atoms with Crippen molar-refractivity contribution < 1.29 is 9.53 Å². The Balaban J connectivity index is 2.37. The zero-order chi connectivity index (χ0) is 16.8. The van der Waals surface area contributed by atoms with Crippen molar-refractivity contribution in [1.82, 2.24) is 5.32 Å². The van der Waals surface area contributed by atoms with Crippen molar-refractivity contribution in [2.75, 3.05) is 13.7 Å². The summed E-state index contributed by atoms with van der Waals surface area (Å²) < 4.78 is 6.12. The normalized spacial score (nSPS) is 13.2. The Labute approximate surface area is 145 Å². The Morgan fingerprint density at radius 1 is 1.22 bits per heavy atom. The predicted molar refractivity (Wildman–Crippen MR) is 95.3 cm³/mol. The molecule has 2 rings (SSSR count). The maximum atomic E-state index is 12.3. The molecule has 0 spiro atoms. The van der Waals surface area contributed by atoms with Crippen LogP contribution in [0.1, 0.15) is 24.1 Å². The monoisotopic (exact) mass is 376 g/mol. The number of halogens is 1. The van der Waals surface area contributed by atoms with Gasteiger partial charge in [0, 0.05) is 12.5 Å². The molecule has 0 fully saturated rings. The van der Waals surface area contributed by atoms with Gasteiger partial charge in [0.25, 0.3) is 0 Å². The molecule has 0 aliphatic carbocycles. The van der Waals surface area contributed by atoms with E-state index < -0.39 is 0 Å². The van der Waals surface area contributed by atoms with E-state index in [1.807, 2.05) is 55.5 Å². The molecule has 122 valence electrons. The summed E-state index contributed by atoms with van der Waals surface area (Å²) in [5, 5.41) is 3.08. The van der Waals surface area contributed by atoms with Gasteiger partial charge in [0.05, 0.1) is 17.6 Å². The van der Waals surface area contributed by atoms with E-state index in [1.54, 1.807) is 7.11 Å². The van der Waals surface area contributed by atoms with Gasteiger partial charge >= 0.3 is 0 Å². The number of carbonyl (C=O) groups is 1. The van der Waals surface area contributed by atoms with E-state index in [-0.39, 0.29) is 17.9 Å². The van der Waals surface area contributed by atoms with E-state index in [1.165, 1.54) is 0 Å². The number of nitrogens with two attached hydrogens (primary N) is 1. The summed E-state index contributed by atoms with van der Waals surface area (Å²) in [5.74, 6) is 0.457. The van der Waals surface area contributed by atoms with Crippen LogP contribution in [0.25, 0.3) is 0 Å². The minimum atomic E-state index is -0.236.